The SMILES string of the molecule is Cc1ccccc1-c1c(Nc2ccccc2N)n(-c2ccccc2)c2ccc(-n3c4ccccc4c4cc(-c5ccc6c(c5)c5ccccc5n6-c5ccccc5)ccc43)cc12. The third kappa shape index (κ3) is 5.56. The molecule has 5 heteroatoms. The van der Waals surface area contributed by atoms with Crippen molar-refractivity contribution >= 4 is 71.7 Å². The molecule has 0 bridgehead atoms. The highest BCUT2D eigenvalue weighted by Gasteiger charge is 2.24. The van der Waals surface area contributed by atoms with Crippen molar-refractivity contribution in [2.24, 2.45) is 0 Å². The minimum Gasteiger partial charge on any atom is -0.397 e. The first-order valence-electron chi connectivity index (χ1n) is 21.1. The highest BCUT2D eigenvalue weighted by molar-refractivity contribution is 6.13. The predicted molar refractivity (Wildman–Crippen MR) is 262 cm³/mol. The molecule has 294 valence electrons. The Bertz CT molecular complexity index is 3680. The van der Waals surface area contributed by atoms with E-state index in [0.717, 1.165) is 61.6 Å². The summed E-state index contributed by atoms with van der Waals surface area (Å²) >= 11 is 0. The van der Waals surface area contributed by atoms with Gasteiger partial charge in [-0.1, -0.05) is 121 Å². The lowest BCUT2D eigenvalue weighted by Crippen LogP contribution is -2.04. The summed E-state index contributed by atoms with van der Waals surface area (Å²) in [5.74, 6) is 0.964. The molecule has 0 radical (unpaired) electrons. The van der Waals surface area contributed by atoms with Crippen LogP contribution in [0.25, 0.3) is 93.8 Å². The second-order valence-corrected chi connectivity index (χ2v) is 16.1. The zero-order valence-electron chi connectivity index (χ0n) is 34.1. The summed E-state index contributed by atoms with van der Waals surface area (Å²) < 4.78 is 7.13. The molecule has 62 heavy (non-hydrogen) atoms. The van der Waals surface area contributed by atoms with E-state index < -0.39 is 0 Å². The fraction of sp³-hybridized carbons (Fsp3) is 0.0175. The lowest BCUT2D eigenvalue weighted by molar-refractivity contribution is 1.13. The molecule has 9 aromatic carbocycles. The van der Waals surface area contributed by atoms with Crippen molar-refractivity contribution in [1.82, 2.24) is 13.7 Å². The van der Waals surface area contributed by atoms with Crippen molar-refractivity contribution in [2.75, 3.05) is 11.1 Å². The molecule has 0 unspecified atom stereocenters. The summed E-state index contributed by atoms with van der Waals surface area (Å²) in [7, 11) is 0. The summed E-state index contributed by atoms with van der Waals surface area (Å²) in [5.41, 5.74) is 23.2. The average Bonchev–Trinajstić information content (AvgIpc) is 3.95. The van der Waals surface area contributed by atoms with Gasteiger partial charge in [0.2, 0.25) is 0 Å². The molecule has 0 spiro atoms. The van der Waals surface area contributed by atoms with E-state index in [4.69, 9.17) is 5.73 Å². The molecular formula is C57H41N5. The number of aromatic nitrogens is 3. The number of rotatable bonds is 7. The Labute approximate surface area is 359 Å². The number of anilines is 3. The minimum absolute atomic E-state index is 0.692. The van der Waals surface area contributed by atoms with Crippen molar-refractivity contribution < 1.29 is 0 Å². The van der Waals surface area contributed by atoms with Crippen LogP contribution in [0.3, 0.4) is 0 Å². The number of fused-ring (bicyclic) bond motifs is 7. The van der Waals surface area contributed by atoms with Crippen molar-refractivity contribution in [3.05, 3.63) is 218 Å². The molecule has 5 nitrogen and oxygen atoms in total. The second-order valence-electron chi connectivity index (χ2n) is 16.1. The molecule has 0 aliphatic rings. The number of nitrogens with one attached hydrogen (secondary N) is 1. The van der Waals surface area contributed by atoms with E-state index in [0.29, 0.717) is 5.69 Å². The van der Waals surface area contributed by atoms with Crippen LogP contribution in [0.2, 0.25) is 0 Å². The van der Waals surface area contributed by atoms with Gasteiger partial charge in [0.1, 0.15) is 5.82 Å². The smallest absolute Gasteiger partial charge is 0.124 e. The molecule has 0 atom stereocenters. The molecular weight excluding hydrogens is 755 g/mol. The number of nitrogen functional groups attached to an aromatic ring is 1. The Kier molecular flexibility index (Phi) is 8.15. The van der Waals surface area contributed by atoms with E-state index in [2.05, 4.69) is 214 Å². The number of para-hydroxylation sites is 6. The molecule has 12 aromatic rings. The van der Waals surface area contributed by atoms with Gasteiger partial charge in [-0.15, -0.1) is 0 Å². The molecule has 0 saturated carbocycles. The van der Waals surface area contributed by atoms with E-state index >= 15 is 0 Å². The largest absolute Gasteiger partial charge is 0.397 e. The van der Waals surface area contributed by atoms with Crippen LogP contribution < -0.4 is 11.1 Å². The zero-order valence-corrected chi connectivity index (χ0v) is 34.1. The van der Waals surface area contributed by atoms with Gasteiger partial charge in [-0.3, -0.25) is 4.57 Å². The van der Waals surface area contributed by atoms with E-state index in [1.54, 1.807) is 0 Å². The summed E-state index contributed by atoms with van der Waals surface area (Å²) in [6.07, 6.45) is 0. The first kappa shape index (κ1) is 35.6. The van der Waals surface area contributed by atoms with Crippen molar-refractivity contribution in [3.63, 3.8) is 0 Å². The Morgan fingerprint density at radius 1 is 0.371 bits per heavy atom. The summed E-state index contributed by atoms with van der Waals surface area (Å²) in [5, 5.41) is 9.88. The van der Waals surface area contributed by atoms with Gasteiger partial charge in [0.25, 0.3) is 0 Å². The molecule has 12 rings (SSSR count). The van der Waals surface area contributed by atoms with Gasteiger partial charge in [0.05, 0.1) is 39.0 Å². The fourth-order valence-corrected chi connectivity index (χ4v) is 9.68. The quantitative estimate of drug-likeness (QED) is 0.158. The molecule has 0 aliphatic carbocycles. The third-order valence-electron chi connectivity index (χ3n) is 12.5. The van der Waals surface area contributed by atoms with E-state index in [1.165, 1.54) is 49.3 Å². The number of nitrogens with zero attached hydrogens (tertiary/aromatic N) is 3. The minimum atomic E-state index is 0.692. The fourth-order valence-electron chi connectivity index (χ4n) is 9.68. The van der Waals surface area contributed by atoms with Gasteiger partial charge in [-0.25, -0.2) is 0 Å². The van der Waals surface area contributed by atoms with E-state index in [-0.39, 0.29) is 0 Å². The molecule has 3 heterocycles. The lowest BCUT2D eigenvalue weighted by atomic mass is 9.98. The van der Waals surface area contributed by atoms with Crippen LogP contribution in [0.4, 0.5) is 17.2 Å². The predicted octanol–water partition coefficient (Wildman–Crippen LogP) is 14.8. The number of hydrogen-bond donors (Lipinski definition) is 2. The van der Waals surface area contributed by atoms with Crippen LogP contribution >= 0.6 is 0 Å². The maximum Gasteiger partial charge on any atom is 0.124 e. The van der Waals surface area contributed by atoms with Crippen LogP contribution in [-0.4, -0.2) is 13.7 Å². The number of hydrogen-bond acceptors (Lipinski definition) is 2. The van der Waals surface area contributed by atoms with Gasteiger partial charge in [-0.05, 0) is 120 Å². The third-order valence-corrected chi connectivity index (χ3v) is 12.5. The molecule has 0 amide bonds. The Morgan fingerprint density at radius 3 is 1.48 bits per heavy atom. The Morgan fingerprint density at radius 2 is 0.855 bits per heavy atom. The summed E-state index contributed by atoms with van der Waals surface area (Å²) in [6, 6.07) is 76.2. The highest BCUT2D eigenvalue weighted by atomic mass is 15.1. The molecule has 3 aromatic heterocycles. The van der Waals surface area contributed by atoms with Gasteiger partial charge in [0.15, 0.2) is 0 Å². The maximum atomic E-state index is 6.61. The van der Waals surface area contributed by atoms with Crippen LogP contribution in [-0.2, 0) is 0 Å². The molecule has 3 N–H and O–H groups in total. The van der Waals surface area contributed by atoms with Crippen LogP contribution in [0.5, 0.6) is 0 Å². The first-order chi connectivity index (χ1) is 30.6. The molecule has 0 saturated heterocycles. The monoisotopic (exact) mass is 795 g/mol. The van der Waals surface area contributed by atoms with Crippen LogP contribution in [0.1, 0.15) is 5.56 Å². The molecule has 0 aliphatic heterocycles. The van der Waals surface area contributed by atoms with E-state index in [9.17, 15) is 0 Å². The Hall–Kier alpha value is -8.28. The van der Waals surface area contributed by atoms with Crippen molar-refractivity contribution in [2.45, 2.75) is 6.92 Å². The first-order valence-corrected chi connectivity index (χ1v) is 21.1. The van der Waals surface area contributed by atoms with Gasteiger partial charge >= 0.3 is 0 Å². The molecule has 0 fully saturated rings. The van der Waals surface area contributed by atoms with E-state index in [1.807, 2.05) is 24.3 Å². The standard InChI is InChI=1S/C57H41N5/c1-37-16-8-9-21-43(37)56-48-36-42(30-33-55(48)62(41-19-6-3-7-20-41)57(56)59-50-25-13-12-24-49(50)58)61-52-27-15-11-23-45(52)47-35-39(29-32-54(47)61)38-28-31-53-46(34-38)44-22-10-14-26-51(44)60(53)40-17-4-2-5-18-40/h2-36,59H,58H2,1H3. The van der Waals surface area contributed by atoms with Crippen LogP contribution in [0, 0.1) is 6.92 Å². The van der Waals surface area contributed by atoms with Gasteiger partial charge in [-0.2, -0.15) is 0 Å². The summed E-state index contributed by atoms with van der Waals surface area (Å²) in [6.45, 7) is 2.19. The second kappa shape index (κ2) is 14.2. The van der Waals surface area contributed by atoms with Gasteiger partial charge in [0, 0.05) is 49.6 Å². The van der Waals surface area contributed by atoms with Gasteiger partial charge < -0.3 is 20.2 Å². The normalized spacial score (nSPS) is 11.7. The van der Waals surface area contributed by atoms with Crippen LogP contribution in [0.15, 0.2) is 212 Å². The number of aryl methyl sites for hydroxylation is 1. The number of benzene rings is 9. The Balaban J connectivity index is 1.07. The highest BCUT2D eigenvalue weighted by Crippen LogP contribution is 2.45. The average molecular weight is 796 g/mol. The number of nitrogens with two attached hydrogens (primary N) is 1. The zero-order chi connectivity index (χ0) is 41.3. The lowest BCUT2D eigenvalue weighted by Gasteiger charge is -2.16. The maximum absolute atomic E-state index is 6.61. The topological polar surface area (TPSA) is 52.8 Å². The summed E-state index contributed by atoms with van der Waals surface area (Å²) in [4.78, 5) is 0. The van der Waals surface area contributed by atoms with Crippen molar-refractivity contribution in [3.8, 4) is 39.3 Å². The van der Waals surface area contributed by atoms with Crippen molar-refractivity contribution in [1.29, 1.82) is 0 Å².